The standard InChI is InChI=1S/C15H18O2/c1-2-5-13(16)10-12-9-8-11-6-3-4-7-14(11)15(12)17/h3-4,6-7,12H,2,5,8-10H2,1H3. The van der Waals surface area contributed by atoms with Crippen LogP contribution < -0.4 is 0 Å². The monoisotopic (exact) mass is 230 g/mol. The molecule has 0 aromatic heterocycles. The summed E-state index contributed by atoms with van der Waals surface area (Å²) in [5.41, 5.74) is 1.96. The summed E-state index contributed by atoms with van der Waals surface area (Å²) in [5.74, 6) is 0.311. The lowest BCUT2D eigenvalue weighted by Crippen LogP contribution is -2.24. The number of fused-ring (bicyclic) bond motifs is 1. The molecule has 90 valence electrons. The van der Waals surface area contributed by atoms with Gasteiger partial charge in [-0.1, -0.05) is 31.2 Å². The Labute approximate surface area is 102 Å². The van der Waals surface area contributed by atoms with E-state index in [2.05, 4.69) is 0 Å². The van der Waals surface area contributed by atoms with Gasteiger partial charge in [-0.15, -0.1) is 0 Å². The summed E-state index contributed by atoms with van der Waals surface area (Å²) in [6, 6.07) is 7.76. The molecule has 1 aliphatic carbocycles. The van der Waals surface area contributed by atoms with Gasteiger partial charge in [0.15, 0.2) is 5.78 Å². The van der Waals surface area contributed by atoms with E-state index in [1.54, 1.807) is 0 Å². The van der Waals surface area contributed by atoms with Crippen LogP contribution in [0.15, 0.2) is 24.3 Å². The second-order valence-corrected chi connectivity index (χ2v) is 4.75. The molecule has 1 unspecified atom stereocenters. The summed E-state index contributed by atoms with van der Waals surface area (Å²) in [6.07, 6.45) is 3.65. The molecule has 0 saturated heterocycles. The van der Waals surface area contributed by atoms with Crippen molar-refractivity contribution in [3.8, 4) is 0 Å². The third-order valence-electron chi connectivity index (χ3n) is 3.42. The van der Waals surface area contributed by atoms with Gasteiger partial charge in [0.2, 0.25) is 0 Å². The van der Waals surface area contributed by atoms with Gasteiger partial charge < -0.3 is 0 Å². The fourth-order valence-electron chi connectivity index (χ4n) is 2.51. The molecule has 0 spiro atoms. The molecule has 0 fully saturated rings. The SMILES string of the molecule is CCCC(=O)CC1CCc2ccccc2C1=O. The van der Waals surface area contributed by atoms with Gasteiger partial charge in [-0.2, -0.15) is 0 Å². The van der Waals surface area contributed by atoms with Crippen LogP contribution in [0.3, 0.4) is 0 Å². The average molecular weight is 230 g/mol. The smallest absolute Gasteiger partial charge is 0.166 e. The molecule has 0 N–H and O–H groups in total. The van der Waals surface area contributed by atoms with Crippen LogP contribution in [0.1, 0.15) is 48.5 Å². The number of carbonyl (C=O) groups excluding carboxylic acids is 2. The summed E-state index contributed by atoms with van der Waals surface area (Å²) in [6.45, 7) is 2.00. The van der Waals surface area contributed by atoms with Crippen molar-refractivity contribution in [2.75, 3.05) is 0 Å². The van der Waals surface area contributed by atoms with E-state index < -0.39 is 0 Å². The van der Waals surface area contributed by atoms with Crippen molar-refractivity contribution in [1.29, 1.82) is 0 Å². The lowest BCUT2D eigenvalue weighted by molar-refractivity contribution is -0.119. The van der Waals surface area contributed by atoms with Gasteiger partial charge in [0.1, 0.15) is 5.78 Å². The Balaban J connectivity index is 2.10. The maximum absolute atomic E-state index is 12.2. The summed E-state index contributed by atoms with van der Waals surface area (Å²) in [4.78, 5) is 23.8. The minimum absolute atomic E-state index is 0.0797. The summed E-state index contributed by atoms with van der Waals surface area (Å²) in [5, 5.41) is 0. The van der Waals surface area contributed by atoms with Gasteiger partial charge in [0.25, 0.3) is 0 Å². The van der Waals surface area contributed by atoms with Crippen LogP contribution in [-0.2, 0) is 11.2 Å². The lowest BCUT2D eigenvalue weighted by Gasteiger charge is -2.22. The minimum atomic E-state index is -0.0797. The number of hydrogen-bond donors (Lipinski definition) is 0. The van der Waals surface area contributed by atoms with E-state index in [4.69, 9.17) is 0 Å². The maximum Gasteiger partial charge on any atom is 0.166 e. The molecule has 2 rings (SSSR count). The van der Waals surface area contributed by atoms with Crippen molar-refractivity contribution in [3.63, 3.8) is 0 Å². The zero-order valence-electron chi connectivity index (χ0n) is 10.2. The molecule has 0 bridgehead atoms. The van der Waals surface area contributed by atoms with E-state index in [0.717, 1.165) is 30.4 Å². The Morgan fingerprint density at radius 2 is 2.12 bits per heavy atom. The second kappa shape index (κ2) is 5.26. The normalized spacial score (nSPS) is 18.9. The molecule has 1 aromatic rings. The Morgan fingerprint density at radius 3 is 2.88 bits per heavy atom. The van der Waals surface area contributed by atoms with E-state index in [1.165, 1.54) is 0 Å². The van der Waals surface area contributed by atoms with Gasteiger partial charge in [0.05, 0.1) is 0 Å². The number of Topliss-reactive ketones (excluding diaryl/α,β-unsaturated/α-hetero) is 2. The van der Waals surface area contributed by atoms with Crippen LogP contribution >= 0.6 is 0 Å². The fourth-order valence-corrected chi connectivity index (χ4v) is 2.51. The van der Waals surface area contributed by atoms with E-state index in [9.17, 15) is 9.59 Å². The summed E-state index contributed by atoms with van der Waals surface area (Å²) in [7, 11) is 0. The van der Waals surface area contributed by atoms with Crippen molar-refractivity contribution in [2.24, 2.45) is 5.92 Å². The fraction of sp³-hybridized carbons (Fsp3) is 0.467. The highest BCUT2D eigenvalue weighted by Crippen LogP contribution is 2.27. The van der Waals surface area contributed by atoms with E-state index in [0.29, 0.717) is 12.8 Å². The van der Waals surface area contributed by atoms with Gasteiger partial charge >= 0.3 is 0 Å². The molecule has 0 heterocycles. The molecule has 2 heteroatoms. The molecule has 1 atom stereocenters. The largest absolute Gasteiger partial charge is 0.300 e. The van der Waals surface area contributed by atoms with E-state index in [-0.39, 0.29) is 17.5 Å². The molecular weight excluding hydrogens is 212 g/mol. The summed E-state index contributed by atoms with van der Waals surface area (Å²) < 4.78 is 0. The predicted octanol–water partition coefficient (Wildman–Crippen LogP) is 3.19. The van der Waals surface area contributed by atoms with Crippen LogP contribution in [0.5, 0.6) is 0 Å². The van der Waals surface area contributed by atoms with Crippen LogP contribution in [0.25, 0.3) is 0 Å². The van der Waals surface area contributed by atoms with Crippen molar-refractivity contribution < 1.29 is 9.59 Å². The van der Waals surface area contributed by atoms with Gasteiger partial charge in [-0.3, -0.25) is 9.59 Å². The summed E-state index contributed by atoms with van der Waals surface area (Å²) >= 11 is 0. The first-order chi connectivity index (χ1) is 8.22. The zero-order chi connectivity index (χ0) is 12.3. The lowest BCUT2D eigenvalue weighted by atomic mass is 9.80. The Kier molecular flexibility index (Phi) is 3.72. The first-order valence-corrected chi connectivity index (χ1v) is 6.36. The number of carbonyl (C=O) groups is 2. The third-order valence-corrected chi connectivity index (χ3v) is 3.42. The van der Waals surface area contributed by atoms with Crippen molar-refractivity contribution >= 4 is 11.6 Å². The Morgan fingerprint density at radius 1 is 1.35 bits per heavy atom. The first kappa shape index (κ1) is 12.0. The number of aryl methyl sites for hydroxylation is 1. The molecule has 1 aromatic carbocycles. The number of hydrogen-bond acceptors (Lipinski definition) is 2. The van der Waals surface area contributed by atoms with E-state index in [1.807, 2.05) is 31.2 Å². The topological polar surface area (TPSA) is 34.1 Å². The third kappa shape index (κ3) is 2.63. The highest BCUT2D eigenvalue weighted by Gasteiger charge is 2.28. The first-order valence-electron chi connectivity index (χ1n) is 6.36. The Hall–Kier alpha value is -1.44. The van der Waals surface area contributed by atoms with Gasteiger partial charge in [0, 0.05) is 24.3 Å². The average Bonchev–Trinajstić information content (AvgIpc) is 2.33. The molecule has 0 saturated carbocycles. The van der Waals surface area contributed by atoms with Crippen molar-refractivity contribution in [2.45, 2.75) is 39.0 Å². The molecule has 17 heavy (non-hydrogen) atoms. The van der Waals surface area contributed by atoms with Crippen LogP contribution in [0.2, 0.25) is 0 Å². The molecule has 2 nitrogen and oxygen atoms in total. The van der Waals surface area contributed by atoms with Crippen molar-refractivity contribution in [3.05, 3.63) is 35.4 Å². The number of ketones is 2. The second-order valence-electron chi connectivity index (χ2n) is 4.75. The minimum Gasteiger partial charge on any atom is -0.300 e. The maximum atomic E-state index is 12.2. The van der Waals surface area contributed by atoms with Crippen LogP contribution in [-0.4, -0.2) is 11.6 Å². The van der Waals surface area contributed by atoms with Crippen molar-refractivity contribution in [1.82, 2.24) is 0 Å². The van der Waals surface area contributed by atoms with Crippen LogP contribution in [0.4, 0.5) is 0 Å². The molecule has 1 aliphatic rings. The molecule has 0 amide bonds. The van der Waals surface area contributed by atoms with Gasteiger partial charge in [-0.25, -0.2) is 0 Å². The highest BCUT2D eigenvalue weighted by atomic mass is 16.1. The number of rotatable bonds is 4. The highest BCUT2D eigenvalue weighted by molar-refractivity contribution is 6.02. The molecular formula is C15H18O2. The molecule has 0 radical (unpaired) electrons. The van der Waals surface area contributed by atoms with Crippen LogP contribution in [0, 0.1) is 5.92 Å². The van der Waals surface area contributed by atoms with Gasteiger partial charge in [-0.05, 0) is 24.8 Å². The zero-order valence-corrected chi connectivity index (χ0v) is 10.2. The van der Waals surface area contributed by atoms with E-state index >= 15 is 0 Å². The predicted molar refractivity (Wildman–Crippen MR) is 67.1 cm³/mol. The Bertz CT molecular complexity index is 434. The quantitative estimate of drug-likeness (QED) is 0.796. The number of benzene rings is 1. The molecule has 0 aliphatic heterocycles.